The maximum atomic E-state index is 14.2. The number of phenolic OH excluding ortho intramolecular Hbond substituents is 1. The number of aryl methyl sites for hydroxylation is 1. The molecule has 0 saturated heterocycles. The first kappa shape index (κ1) is 33.3. The van der Waals surface area contributed by atoms with Crippen molar-refractivity contribution in [1.29, 1.82) is 0 Å². The number of phenols is 1. The molecule has 4 aromatic carbocycles. The number of nitrogens with zero attached hydrogens (tertiary/aromatic N) is 2. The molecule has 4 aromatic rings. The van der Waals surface area contributed by atoms with Crippen LogP contribution in [-0.2, 0) is 27.9 Å². The van der Waals surface area contributed by atoms with Crippen LogP contribution in [0.5, 0.6) is 5.75 Å². The Balaban J connectivity index is 1.48. The van der Waals surface area contributed by atoms with Crippen molar-refractivity contribution in [2.75, 3.05) is 11.4 Å². The normalized spacial score (nSPS) is 14.1. The van der Waals surface area contributed by atoms with Gasteiger partial charge < -0.3 is 20.2 Å². The fourth-order valence-corrected chi connectivity index (χ4v) is 7.25. The summed E-state index contributed by atoms with van der Waals surface area (Å²) in [5.74, 6) is -0.967. The number of hydrogen-bond acceptors (Lipinski definition) is 6. The summed E-state index contributed by atoms with van der Waals surface area (Å²) in [7, 11) is -4.18. The second-order valence-electron chi connectivity index (χ2n) is 11.9. The van der Waals surface area contributed by atoms with Gasteiger partial charge >= 0.3 is 0 Å². The predicted octanol–water partition coefficient (Wildman–Crippen LogP) is 6.29. The number of aromatic hydroxyl groups is 1. The van der Waals surface area contributed by atoms with E-state index >= 15 is 0 Å². The van der Waals surface area contributed by atoms with Crippen LogP contribution < -0.4 is 4.90 Å². The molecule has 0 aliphatic heterocycles. The van der Waals surface area contributed by atoms with E-state index in [2.05, 4.69) is 12.1 Å². The molecule has 0 unspecified atom stereocenters. The molecule has 5 rings (SSSR count). The van der Waals surface area contributed by atoms with Crippen molar-refractivity contribution in [1.82, 2.24) is 4.31 Å². The van der Waals surface area contributed by atoms with Gasteiger partial charge in [-0.05, 0) is 78.8 Å². The third-order valence-electron chi connectivity index (χ3n) is 8.54. The molecule has 10 heteroatoms. The lowest BCUT2D eigenvalue weighted by atomic mass is 9.84. The largest absolute Gasteiger partial charge is 0.507 e. The van der Waals surface area contributed by atoms with Crippen molar-refractivity contribution in [2.45, 2.75) is 69.2 Å². The van der Waals surface area contributed by atoms with Crippen LogP contribution in [0.1, 0.15) is 72.1 Å². The molecular weight excluding hydrogens is 607 g/mol. The minimum atomic E-state index is -4.18. The van der Waals surface area contributed by atoms with Gasteiger partial charge in [0.15, 0.2) is 6.29 Å². The van der Waals surface area contributed by atoms with E-state index in [9.17, 15) is 32.9 Å². The Bertz CT molecular complexity index is 1740. The first-order chi connectivity index (χ1) is 22.0. The third-order valence-corrected chi connectivity index (χ3v) is 10.4. The average molecular weight is 647 g/mol. The Labute approximate surface area is 269 Å². The molecule has 1 aliphatic carbocycles. The molecule has 1 aliphatic rings. The summed E-state index contributed by atoms with van der Waals surface area (Å²) in [5.41, 5.74) is 3.52. The second kappa shape index (κ2) is 14.6. The van der Waals surface area contributed by atoms with Gasteiger partial charge in [0, 0.05) is 23.9 Å². The average Bonchev–Trinajstić information content (AvgIpc) is 3.05. The number of halogens is 1. The Kier molecular flexibility index (Phi) is 10.5. The molecule has 0 radical (unpaired) electrons. The fraction of sp³-hybridized carbons (Fsp3) is 0.306. The highest BCUT2D eigenvalue weighted by molar-refractivity contribution is 7.89. The van der Waals surface area contributed by atoms with Crippen molar-refractivity contribution in [3.63, 3.8) is 0 Å². The summed E-state index contributed by atoms with van der Waals surface area (Å²) >= 11 is 0. The zero-order valence-corrected chi connectivity index (χ0v) is 26.5. The standard InChI is InChI=1S/C36H39FN2O6S/c1-25-7-18-32(19-8-25)46(44,45)38(22-26-11-15-30(37)16-12-26)24-35(41)39(31-17-20-33(36(42)43)34(40)21-31)23-27-9-13-29(14-10-27)28-5-3-2-4-6-28/h7-21,28,36,40,42-43H,2-6,22-24H2,1H3. The molecule has 0 heterocycles. The number of aliphatic hydroxyl groups is 2. The summed E-state index contributed by atoms with van der Waals surface area (Å²) in [6.07, 6.45) is 4.03. The van der Waals surface area contributed by atoms with E-state index in [1.165, 1.54) is 84.3 Å². The molecule has 1 saturated carbocycles. The smallest absolute Gasteiger partial charge is 0.243 e. The van der Waals surface area contributed by atoms with Crippen LogP contribution >= 0.6 is 0 Å². The highest BCUT2D eigenvalue weighted by Crippen LogP contribution is 2.34. The molecule has 3 N–H and O–H groups in total. The Hall–Kier alpha value is -4.09. The number of rotatable bonds is 11. The van der Waals surface area contributed by atoms with Gasteiger partial charge in [0.25, 0.3) is 0 Å². The Morgan fingerprint density at radius 3 is 2.07 bits per heavy atom. The second-order valence-corrected chi connectivity index (χ2v) is 13.8. The summed E-state index contributed by atoms with van der Waals surface area (Å²) in [6, 6.07) is 23.8. The molecule has 8 nitrogen and oxygen atoms in total. The topological polar surface area (TPSA) is 118 Å². The predicted molar refractivity (Wildman–Crippen MR) is 174 cm³/mol. The van der Waals surface area contributed by atoms with E-state index < -0.39 is 40.3 Å². The van der Waals surface area contributed by atoms with Gasteiger partial charge in [-0.25, -0.2) is 12.8 Å². The Morgan fingerprint density at radius 2 is 1.46 bits per heavy atom. The van der Waals surface area contributed by atoms with E-state index in [4.69, 9.17) is 0 Å². The lowest BCUT2D eigenvalue weighted by molar-refractivity contribution is -0.119. The molecule has 0 atom stereocenters. The van der Waals surface area contributed by atoms with Crippen LogP contribution in [0.15, 0.2) is 95.9 Å². The third kappa shape index (κ3) is 8.00. The van der Waals surface area contributed by atoms with Gasteiger partial charge in [0.05, 0.1) is 18.0 Å². The summed E-state index contributed by atoms with van der Waals surface area (Å²) in [5, 5.41) is 29.8. The number of carbonyl (C=O) groups excluding carboxylic acids is 1. The number of amides is 1. The van der Waals surface area contributed by atoms with Crippen LogP contribution in [0, 0.1) is 12.7 Å². The van der Waals surface area contributed by atoms with E-state index in [0.29, 0.717) is 11.5 Å². The van der Waals surface area contributed by atoms with Crippen LogP contribution in [-0.4, -0.2) is 40.5 Å². The van der Waals surface area contributed by atoms with Crippen molar-refractivity contribution in [3.05, 3.63) is 125 Å². The van der Waals surface area contributed by atoms with Gasteiger partial charge in [-0.2, -0.15) is 4.31 Å². The number of sulfonamides is 1. The minimum absolute atomic E-state index is 0.0109. The van der Waals surface area contributed by atoms with Crippen LogP contribution in [0.2, 0.25) is 0 Å². The lowest BCUT2D eigenvalue weighted by Crippen LogP contribution is -2.42. The van der Waals surface area contributed by atoms with Crippen molar-refractivity contribution >= 4 is 21.6 Å². The van der Waals surface area contributed by atoms with E-state index in [1.807, 2.05) is 19.1 Å². The number of hydrogen-bond donors (Lipinski definition) is 3. The first-order valence-electron chi connectivity index (χ1n) is 15.4. The lowest BCUT2D eigenvalue weighted by Gasteiger charge is -2.28. The SMILES string of the molecule is Cc1ccc(S(=O)(=O)N(CC(=O)N(Cc2ccc(C3CCCCC3)cc2)c2ccc(C(O)O)c(O)c2)Cc2ccc(F)cc2)cc1. The highest BCUT2D eigenvalue weighted by Gasteiger charge is 2.30. The molecular formula is C36H39FN2O6S. The molecule has 0 bridgehead atoms. The quantitative estimate of drug-likeness (QED) is 0.165. The fourth-order valence-electron chi connectivity index (χ4n) is 5.87. The minimum Gasteiger partial charge on any atom is -0.507 e. The summed E-state index contributed by atoms with van der Waals surface area (Å²) in [4.78, 5) is 15.5. The monoisotopic (exact) mass is 646 g/mol. The number of anilines is 1. The van der Waals surface area contributed by atoms with E-state index in [-0.39, 0.29) is 29.2 Å². The van der Waals surface area contributed by atoms with Crippen LogP contribution in [0.4, 0.5) is 10.1 Å². The van der Waals surface area contributed by atoms with Crippen molar-refractivity contribution < 1.29 is 32.9 Å². The Morgan fingerprint density at radius 1 is 0.848 bits per heavy atom. The molecule has 1 fully saturated rings. The summed E-state index contributed by atoms with van der Waals surface area (Å²) < 4.78 is 42.6. The molecule has 242 valence electrons. The van der Waals surface area contributed by atoms with Gasteiger partial charge in [-0.1, -0.05) is 73.4 Å². The molecule has 1 amide bonds. The van der Waals surface area contributed by atoms with Gasteiger partial charge in [-0.15, -0.1) is 0 Å². The molecule has 46 heavy (non-hydrogen) atoms. The number of carbonyl (C=O) groups is 1. The van der Waals surface area contributed by atoms with E-state index in [0.717, 1.165) is 28.3 Å². The van der Waals surface area contributed by atoms with Crippen molar-refractivity contribution in [2.24, 2.45) is 0 Å². The van der Waals surface area contributed by atoms with Crippen molar-refractivity contribution in [3.8, 4) is 5.75 Å². The number of benzene rings is 4. The molecule has 0 spiro atoms. The van der Waals surface area contributed by atoms with Gasteiger partial charge in [0.2, 0.25) is 15.9 Å². The summed E-state index contributed by atoms with van der Waals surface area (Å²) in [6.45, 7) is 1.16. The van der Waals surface area contributed by atoms with Crippen LogP contribution in [0.25, 0.3) is 0 Å². The number of aliphatic hydroxyl groups excluding tert-OH is 1. The van der Waals surface area contributed by atoms with E-state index in [1.54, 1.807) is 12.1 Å². The maximum absolute atomic E-state index is 14.2. The highest BCUT2D eigenvalue weighted by atomic mass is 32.2. The first-order valence-corrected chi connectivity index (χ1v) is 16.8. The van der Waals surface area contributed by atoms with Gasteiger partial charge in [-0.3, -0.25) is 4.79 Å². The zero-order chi connectivity index (χ0) is 32.8. The van der Waals surface area contributed by atoms with Crippen LogP contribution in [0.3, 0.4) is 0 Å². The maximum Gasteiger partial charge on any atom is 0.243 e. The zero-order valence-electron chi connectivity index (χ0n) is 25.7. The van der Waals surface area contributed by atoms with Gasteiger partial charge in [0.1, 0.15) is 11.6 Å². The molecule has 0 aromatic heterocycles.